The number of anilines is 2. The molecule has 2 N–H and O–H groups in total. The van der Waals surface area contributed by atoms with Gasteiger partial charge in [0.15, 0.2) is 0 Å². The van der Waals surface area contributed by atoms with E-state index in [1.54, 1.807) is 18.5 Å². The summed E-state index contributed by atoms with van der Waals surface area (Å²) >= 11 is 6.43. The Morgan fingerprint density at radius 1 is 1.00 bits per heavy atom. The minimum Gasteiger partial charge on any atom is -0.410 e. The average Bonchev–Trinajstić information content (AvgIpc) is 2.60. The van der Waals surface area contributed by atoms with Crippen LogP contribution < -0.4 is 5.32 Å². The molecule has 0 unspecified atom stereocenters. The number of pyridine rings is 1. The smallest absolute Gasteiger partial charge is 0.118 e. The molecule has 0 amide bonds. The van der Waals surface area contributed by atoms with Crippen LogP contribution in [-0.4, -0.2) is 15.9 Å². The predicted molar refractivity (Wildman–Crippen MR) is 97.6 cm³/mol. The molecule has 0 fully saturated rings. The Kier molecular flexibility index (Phi) is 4.77. The summed E-state index contributed by atoms with van der Waals surface area (Å²) in [6.45, 7) is 1.97. The van der Waals surface area contributed by atoms with E-state index in [4.69, 9.17) is 11.6 Å². The second kappa shape index (κ2) is 7.15. The van der Waals surface area contributed by atoms with E-state index >= 15 is 0 Å². The standard InChI is InChI=1S/C19H16ClN3O/c1-13-4-2-3-5-16(13)19(23-24)17-7-6-15(12-18(17)20)22-14-8-10-21-11-9-14/h2-12,24H,1H3,(H,21,22). The predicted octanol–water partition coefficient (Wildman–Crippen LogP) is 5.01. The monoisotopic (exact) mass is 337 g/mol. The number of halogens is 1. The van der Waals surface area contributed by atoms with Crippen LogP contribution in [-0.2, 0) is 0 Å². The Labute approximate surface area is 145 Å². The topological polar surface area (TPSA) is 57.5 Å². The van der Waals surface area contributed by atoms with Gasteiger partial charge in [0.25, 0.3) is 0 Å². The lowest BCUT2D eigenvalue weighted by Crippen LogP contribution is -2.06. The van der Waals surface area contributed by atoms with Gasteiger partial charge in [-0.25, -0.2) is 0 Å². The van der Waals surface area contributed by atoms with Gasteiger partial charge in [0, 0.05) is 34.9 Å². The van der Waals surface area contributed by atoms with E-state index in [0.717, 1.165) is 22.5 Å². The lowest BCUT2D eigenvalue weighted by atomic mass is 9.98. The molecule has 0 saturated heterocycles. The molecule has 3 rings (SSSR count). The maximum Gasteiger partial charge on any atom is 0.118 e. The molecule has 24 heavy (non-hydrogen) atoms. The highest BCUT2D eigenvalue weighted by molar-refractivity contribution is 6.35. The number of hydrogen-bond acceptors (Lipinski definition) is 4. The summed E-state index contributed by atoms with van der Waals surface area (Å²) in [5.41, 5.74) is 4.75. The summed E-state index contributed by atoms with van der Waals surface area (Å²) < 4.78 is 0. The van der Waals surface area contributed by atoms with Gasteiger partial charge in [-0.05, 0) is 42.8 Å². The molecular formula is C19H16ClN3O. The maximum atomic E-state index is 9.49. The first kappa shape index (κ1) is 16.0. The van der Waals surface area contributed by atoms with Gasteiger partial charge < -0.3 is 10.5 Å². The largest absolute Gasteiger partial charge is 0.410 e. The Balaban J connectivity index is 1.93. The number of rotatable bonds is 4. The van der Waals surface area contributed by atoms with Crippen LogP contribution in [0.5, 0.6) is 0 Å². The zero-order valence-corrected chi connectivity index (χ0v) is 13.8. The molecule has 0 aliphatic carbocycles. The van der Waals surface area contributed by atoms with Gasteiger partial charge in [-0.2, -0.15) is 0 Å². The number of oxime groups is 1. The molecule has 0 radical (unpaired) electrons. The molecule has 120 valence electrons. The van der Waals surface area contributed by atoms with Crippen molar-refractivity contribution in [1.29, 1.82) is 0 Å². The van der Waals surface area contributed by atoms with Crippen LogP contribution in [0.15, 0.2) is 72.1 Å². The van der Waals surface area contributed by atoms with Crippen LogP contribution in [0.25, 0.3) is 0 Å². The van der Waals surface area contributed by atoms with Crippen molar-refractivity contribution < 1.29 is 5.21 Å². The third-order valence-electron chi connectivity index (χ3n) is 3.69. The van der Waals surface area contributed by atoms with Crippen molar-refractivity contribution in [3.63, 3.8) is 0 Å². The summed E-state index contributed by atoms with van der Waals surface area (Å²) in [5.74, 6) is 0. The number of nitrogens with one attached hydrogen (secondary N) is 1. The summed E-state index contributed by atoms with van der Waals surface area (Å²) in [6, 6.07) is 17.0. The average molecular weight is 338 g/mol. The zero-order chi connectivity index (χ0) is 16.9. The zero-order valence-electron chi connectivity index (χ0n) is 13.1. The Morgan fingerprint density at radius 2 is 1.75 bits per heavy atom. The van der Waals surface area contributed by atoms with Gasteiger partial charge >= 0.3 is 0 Å². The first-order valence-corrected chi connectivity index (χ1v) is 7.82. The van der Waals surface area contributed by atoms with E-state index < -0.39 is 0 Å². The fraction of sp³-hybridized carbons (Fsp3) is 0.0526. The summed E-state index contributed by atoms with van der Waals surface area (Å²) in [7, 11) is 0. The van der Waals surface area contributed by atoms with E-state index in [2.05, 4.69) is 15.5 Å². The van der Waals surface area contributed by atoms with Crippen LogP contribution in [0, 0.1) is 6.92 Å². The van der Waals surface area contributed by atoms with Gasteiger partial charge in [-0.3, -0.25) is 4.98 Å². The fourth-order valence-corrected chi connectivity index (χ4v) is 2.75. The van der Waals surface area contributed by atoms with E-state index in [-0.39, 0.29) is 0 Å². The highest BCUT2D eigenvalue weighted by Gasteiger charge is 2.14. The van der Waals surface area contributed by atoms with Gasteiger partial charge in [0.1, 0.15) is 5.71 Å². The van der Waals surface area contributed by atoms with Crippen LogP contribution in [0.2, 0.25) is 5.02 Å². The molecule has 0 aliphatic heterocycles. The Morgan fingerprint density at radius 3 is 2.42 bits per heavy atom. The lowest BCUT2D eigenvalue weighted by molar-refractivity contribution is 0.319. The number of benzene rings is 2. The van der Waals surface area contributed by atoms with Crippen molar-refractivity contribution in [3.8, 4) is 0 Å². The molecule has 0 aliphatic rings. The highest BCUT2D eigenvalue weighted by Crippen LogP contribution is 2.26. The Bertz CT molecular complexity index is 879. The molecule has 1 heterocycles. The molecule has 5 heteroatoms. The third-order valence-corrected chi connectivity index (χ3v) is 4.01. The molecule has 1 aromatic heterocycles. The minimum atomic E-state index is 0.452. The number of nitrogens with zero attached hydrogens (tertiary/aromatic N) is 2. The first-order chi connectivity index (χ1) is 11.7. The summed E-state index contributed by atoms with van der Waals surface area (Å²) in [6.07, 6.45) is 3.43. The first-order valence-electron chi connectivity index (χ1n) is 7.44. The fourth-order valence-electron chi connectivity index (χ4n) is 2.48. The highest BCUT2D eigenvalue weighted by atomic mass is 35.5. The van der Waals surface area contributed by atoms with Gasteiger partial charge in [0.05, 0.1) is 5.02 Å². The molecule has 0 atom stereocenters. The molecule has 0 spiro atoms. The molecule has 0 saturated carbocycles. The van der Waals surface area contributed by atoms with Gasteiger partial charge in [-0.15, -0.1) is 0 Å². The molecular weight excluding hydrogens is 322 g/mol. The van der Waals surface area contributed by atoms with Crippen LogP contribution >= 0.6 is 11.6 Å². The maximum absolute atomic E-state index is 9.49. The van der Waals surface area contributed by atoms with Crippen LogP contribution in [0.3, 0.4) is 0 Å². The van der Waals surface area contributed by atoms with Crippen LogP contribution in [0.1, 0.15) is 16.7 Å². The van der Waals surface area contributed by atoms with Gasteiger partial charge in [-0.1, -0.05) is 41.0 Å². The van der Waals surface area contributed by atoms with Crippen molar-refractivity contribution in [2.45, 2.75) is 6.92 Å². The number of aryl methyl sites for hydroxylation is 1. The van der Waals surface area contributed by atoms with Gasteiger partial charge in [0.2, 0.25) is 0 Å². The normalized spacial score (nSPS) is 11.3. The van der Waals surface area contributed by atoms with E-state index in [1.807, 2.05) is 55.5 Å². The van der Waals surface area contributed by atoms with Crippen molar-refractivity contribution >= 4 is 28.7 Å². The second-order valence-corrected chi connectivity index (χ2v) is 5.73. The Hall–Kier alpha value is -2.85. The molecule has 4 nitrogen and oxygen atoms in total. The summed E-state index contributed by atoms with van der Waals surface area (Å²) in [5, 5.41) is 16.7. The number of aromatic nitrogens is 1. The van der Waals surface area contributed by atoms with Crippen molar-refractivity contribution in [1.82, 2.24) is 4.98 Å². The quantitative estimate of drug-likeness (QED) is 0.399. The SMILES string of the molecule is Cc1ccccc1C(=NO)c1ccc(Nc2ccncc2)cc1Cl. The second-order valence-electron chi connectivity index (χ2n) is 5.32. The van der Waals surface area contributed by atoms with Crippen molar-refractivity contribution in [2.75, 3.05) is 5.32 Å². The molecule has 0 bridgehead atoms. The lowest BCUT2D eigenvalue weighted by Gasteiger charge is -2.12. The van der Waals surface area contributed by atoms with Crippen molar-refractivity contribution in [2.24, 2.45) is 5.16 Å². The summed E-state index contributed by atoms with van der Waals surface area (Å²) in [4.78, 5) is 3.99. The molecule has 3 aromatic rings. The van der Waals surface area contributed by atoms with E-state index in [0.29, 0.717) is 16.3 Å². The minimum absolute atomic E-state index is 0.452. The molecule has 2 aromatic carbocycles. The van der Waals surface area contributed by atoms with Crippen LogP contribution in [0.4, 0.5) is 11.4 Å². The van der Waals surface area contributed by atoms with E-state index in [9.17, 15) is 5.21 Å². The third kappa shape index (κ3) is 3.39. The van der Waals surface area contributed by atoms with E-state index in [1.165, 1.54) is 0 Å². The van der Waals surface area contributed by atoms with Crippen molar-refractivity contribution in [3.05, 3.63) is 88.7 Å². The number of hydrogen-bond donors (Lipinski definition) is 2.